The quantitative estimate of drug-likeness (QED) is 0.794. The van der Waals surface area contributed by atoms with Gasteiger partial charge in [-0.15, -0.1) is 0 Å². The van der Waals surface area contributed by atoms with E-state index in [1.807, 2.05) is 24.5 Å². The summed E-state index contributed by atoms with van der Waals surface area (Å²) >= 11 is 0. The summed E-state index contributed by atoms with van der Waals surface area (Å²) < 4.78 is 0. The number of anilines is 1. The van der Waals surface area contributed by atoms with Gasteiger partial charge in [0.1, 0.15) is 11.6 Å². The van der Waals surface area contributed by atoms with E-state index in [1.165, 1.54) is 5.56 Å². The Morgan fingerprint density at radius 3 is 3.00 bits per heavy atom. The van der Waals surface area contributed by atoms with Crippen LogP contribution in [0.15, 0.2) is 30.7 Å². The second kappa shape index (κ2) is 4.59. The van der Waals surface area contributed by atoms with Crippen molar-refractivity contribution in [2.24, 2.45) is 0 Å². The minimum absolute atomic E-state index is 0.837. The molecule has 0 unspecified atom stereocenters. The molecule has 0 atom stereocenters. The third-order valence-electron chi connectivity index (χ3n) is 2.14. The topological polar surface area (TPSA) is 53.6 Å². The van der Waals surface area contributed by atoms with Crippen LogP contribution in [0.2, 0.25) is 0 Å². The molecule has 2 heterocycles. The SMILES string of the molecule is Cc1ccnc(NCCc2ncc[nH]2)c1. The van der Waals surface area contributed by atoms with E-state index in [1.54, 1.807) is 6.20 Å². The molecule has 2 N–H and O–H groups in total. The zero-order valence-corrected chi connectivity index (χ0v) is 8.70. The molecule has 0 radical (unpaired) electrons. The molecule has 0 bridgehead atoms. The van der Waals surface area contributed by atoms with Gasteiger partial charge in [-0.2, -0.15) is 0 Å². The molecule has 0 aromatic carbocycles. The predicted octanol–water partition coefficient (Wildman–Crippen LogP) is 1.77. The molecule has 0 aliphatic rings. The van der Waals surface area contributed by atoms with Crippen molar-refractivity contribution >= 4 is 5.82 Å². The van der Waals surface area contributed by atoms with E-state index in [4.69, 9.17) is 0 Å². The number of nitrogens with zero attached hydrogens (tertiary/aromatic N) is 2. The molecular formula is C11H14N4. The van der Waals surface area contributed by atoms with Crippen LogP contribution in [0.5, 0.6) is 0 Å². The molecule has 0 saturated heterocycles. The Morgan fingerprint density at radius 2 is 2.27 bits per heavy atom. The highest BCUT2D eigenvalue weighted by Crippen LogP contribution is 2.04. The van der Waals surface area contributed by atoms with Gasteiger partial charge in [-0.25, -0.2) is 9.97 Å². The number of aromatic amines is 1. The van der Waals surface area contributed by atoms with Crippen molar-refractivity contribution in [3.8, 4) is 0 Å². The average molecular weight is 202 g/mol. The Hall–Kier alpha value is -1.84. The molecule has 0 aliphatic heterocycles. The van der Waals surface area contributed by atoms with Crippen LogP contribution < -0.4 is 5.32 Å². The van der Waals surface area contributed by atoms with Gasteiger partial charge in [0.05, 0.1) is 0 Å². The van der Waals surface area contributed by atoms with Crippen LogP contribution in [0.25, 0.3) is 0 Å². The molecule has 2 rings (SSSR count). The summed E-state index contributed by atoms with van der Waals surface area (Å²) in [6.07, 6.45) is 6.29. The number of nitrogens with one attached hydrogen (secondary N) is 2. The summed E-state index contributed by atoms with van der Waals surface area (Å²) in [6, 6.07) is 4.01. The van der Waals surface area contributed by atoms with E-state index >= 15 is 0 Å². The Labute approximate surface area is 88.8 Å². The highest BCUT2D eigenvalue weighted by molar-refractivity contribution is 5.36. The zero-order valence-electron chi connectivity index (χ0n) is 8.70. The number of aromatic nitrogens is 3. The Bertz CT molecular complexity index is 408. The largest absolute Gasteiger partial charge is 0.370 e. The zero-order chi connectivity index (χ0) is 10.5. The number of pyridine rings is 1. The molecule has 0 aliphatic carbocycles. The number of imidazole rings is 1. The van der Waals surface area contributed by atoms with Crippen molar-refractivity contribution in [1.29, 1.82) is 0 Å². The van der Waals surface area contributed by atoms with Crippen LogP contribution in [0, 0.1) is 6.92 Å². The maximum Gasteiger partial charge on any atom is 0.126 e. The summed E-state index contributed by atoms with van der Waals surface area (Å²) in [7, 11) is 0. The number of H-pyrrole nitrogens is 1. The molecule has 0 amide bonds. The first-order valence-electron chi connectivity index (χ1n) is 4.99. The van der Waals surface area contributed by atoms with Crippen LogP contribution in [0.1, 0.15) is 11.4 Å². The summed E-state index contributed by atoms with van der Waals surface area (Å²) in [5.74, 6) is 1.91. The summed E-state index contributed by atoms with van der Waals surface area (Å²) in [5.41, 5.74) is 1.21. The van der Waals surface area contributed by atoms with Crippen molar-refractivity contribution in [2.75, 3.05) is 11.9 Å². The Balaban J connectivity index is 1.83. The van der Waals surface area contributed by atoms with Gasteiger partial charge in [0, 0.05) is 31.6 Å². The number of rotatable bonds is 4. The molecule has 4 heteroatoms. The van der Waals surface area contributed by atoms with Gasteiger partial charge in [0.25, 0.3) is 0 Å². The first kappa shape index (κ1) is 9.71. The first-order valence-corrected chi connectivity index (χ1v) is 4.99. The van der Waals surface area contributed by atoms with E-state index in [9.17, 15) is 0 Å². The number of hydrogen-bond donors (Lipinski definition) is 2. The standard InChI is InChI=1S/C11H14N4/c1-9-2-4-12-11(8-9)13-5-3-10-14-6-7-15-10/h2,4,6-8H,3,5H2,1H3,(H,12,13)(H,14,15). The van der Waals surface area contributed by atoms with Crippen LogP contribution in [0.3, 0.4) is 0 Å². The summed E-state index contributed by atoms with van der Waals surface area (Å²) in [6.45, 7) is 2.89. The summed E-state index contributed by atoms with van der Waals surface area (Å²) in [4.78, 5) is 11.4. The fourth-order valence-electron chi connectivity index (χ4n) is 1.38. The van der Waals surface area contributed by atoms with E-state index in [-0.39, 0.29) is 0 Å². The van der Waals surface area contributed by atoms with E-state index in [0.717, 1.165) is 24.6 Å². The predicted molar refractivity (Wildman–Crippen MR) is 59.8 cm³/mol. The number of aryl methyl sites for hydroxylation is 1. The van der Waals surface area contributed by atoms with Crippen molar-refractivity contribution < 1.29 is 0 Å². The minimum atomic E-state index is 0.837. The van der Waals surface area contributed by atoms with E-state index in [2.05, 4.69) is 27.2 Å². The molecule has 4 nitrogen and oxygen atoms in total. The van der Waals surface area contributed by atoms with Gasteiger partial charge >= 0.3 is 0 Å². The normalized spacial score (nSPS) is 10.2. The summed E-state index contributed by atoms with van der Waals surface area (Å²) in [5, 5.41) is 3.25. The third kappa shape index (κ3) is 2.80. The monoisotopic (exact) mass is 202 g/mol. The van der Waals surface area contributed by atoms with Gasteiger partial charge in [-0.3, -0.25) is 0 Å². The second-order valence-electron chi connectivity index (χ2n) is 3.43. The Morgan fingerprint density at radius 1 is 1.33 bits per heavy atom. The molecule has 0 fully saturated rings. The van der Waals surface area contributed by atoms with Crippen LogP contribution >= 0.6 is 0 Å². The maximum atomic E-state index is 4.22. The van der Waals surface area contributed by atoms with Gasteiger partial charge in [0.2, 0.25) is 0 Å². The average Bonchev–Trinajstić information content (AvgIpc) is 2.71. The van der Waals surface area contributed by atoms with Gasteiger partial charge in [-0.1, -0.05) is 0 Å². The van der Waals surface area contributed by atoms with Crippen molar-refractivity contribution in [3.05, 3.63) is 42.1 Å². The second-order valence-corrected chi connectivity index (χ2v) is 3.43. The number of hydrogen-bond acceptors (Lipinski definition) is 3. The molecule has 15 heavy (non-hydrogen) atoms. The molecular weight excluding hydrogens is 188 g/mol. The van der Waals surface area contributed by atoms with Crippen LogP contribution in [-0.2, 0) is 6.42 Å². The van der Waals surface area contributed by atoms with Crippen molar-refractivity contribution in [3.63, 3.8) is 0 Å². The minimum Gasteiger partial charge on any atom is -0.370 e. The molecule has 0 spiro atoms. The fourth-order valence-corrected chi connectivity index (χ4v) is 1.38. The lowest BCUT2D eigenvalue weighted by atomic mass is 10.3. The van der Waals surface area contributed by atoms with Gasteiger partial charge < -0.3 is 10.3 Å². The molecule has 2 aromatic rings. The molecule has 2 aromatic heterocycles. The van der Waals surface area contributed by atoms with Gasteiger partial charge in [-0.05, 0) is 24.6 Å². The first-order chi connectivity index (χ1) is 7.34. The Kier molecular flexibility index (Phi) is 2.97. The molecule has 78 valence electrons. The van der Waals surface area contributed by atoms with Crippen molar-refractivity contribution in [2.45, 2.75) is 13.3 Å². The van der Waals surface area contributed by atoms with E-state index in [0.29, 0.717) is 0 Å². The van der Waals surface area contributed by atoms with Gasteiger partial charge in [0.15, 0.2) is 0 Å². The maximum absolute atomic E-state index is 4.22. The smallest absolute Gasteiger partial charge is 0.126 e. The third-order valence-corrected chi connectivity index (χ3v) is 2.14. The lowest BCUT2D eigenvalue weighted by Gasteiger charge is -2.04. The highest BCUT2D eigenvalue weighted by Gasteiger charge is 1.96. The lowest BCUT2D eigenvalue weighted by molar-refractivity contribution is 0.921. The fraction of sp³-hybridized carbons (Fsp3) is 0.273. The van der Waals surface area contributed by atoms with E-state index < -0.39 is 0 Å². The van der Waals surface area contributed by atoms with Crippen LogP contribution in [0.4, 0.5) is 5.82 Å². The lowest BCUT2D eigenvalue weighted by Crippen LogP contribution is -2.07. The highest BCUT2D eigenvalue weighted by atomic mass is 15.0. The van der Waals surface area contributed by atoms with Crippen LogP contribution in [-0.4, -0.2) is 21.5 Å². The van der Waals surface area contributed by atoms with Crippen molar-refractivity contribution in [1.82, 2.24) is 15.0 Å². The molecule has 0 saturated carbocycles.